The monoisotopic (exact) mass is 586 g/mol. The van der Waals surface area contributed by atoms with Crippen LogP contribution in [0.15, 0.2) is 70.1 Å². The zero-order valence-electron chi connectivity index (χ0n) is 15.2. The molecule has 0 aliphatic rings. The van der Waals surface area contributed by atoms with Crippen molar-refractivity contribution in [2.24, 2.45) is 0 Å². The Hall–Kier alpha value is -1.49. The first kappa shape index (κ1) is 25.8. The minimum absolute atomic E-state index is 0.131. The summed E-state index contributed by atoms with van der Waals surface area (Å²) in [6, 6.07) is 14.6. The lowest BCUT2D eigenvalue weighted by Gasteiger charge is -2.33. The van der Waals surface area contributed by atoms with Gasteiger partial charge in [0.25, 0.3) is 0 Å². The van der Waals surface area contributed by atoms with E-state index in [9.17, 15) is 44.1 Å². The summed E-state index contributed by atoms with van der Waals surface area (Å²) in [5.41, 5.74) is 0. The molecule has 2 aromatic carbocycles. The molecule has 0 aliphatic carbocycles. The van der Waals surface area contributed by atoms with Gasteiger partial charge in [-0.2, -0.15) is 39.5 Å². The van der Waals surface area contributed by atoms with Crippen molar-refractivity contribution in [1.82, 2.24) is 0 Å². The van der Waals surface area contributed by atoms with Crippen LogP contribution in [-0.2, 0) is 4.57 Å². The molecule has 0 N–H and O–H groups in total. The molecule has 2 aromatic rings. The normalized spacial score (nSPS) is 14.6. The predicted molar refractivity (Wildman–Crippen MR) is 107 cm³/mol. The molecule has 0 aromatic heterocycles. The van der Waals surface area contributed by atoms with Gasteiger partial charge in [0.05, 0.1) is 0 Å². The van der Waals surface area contributed by atoms with Crippen molar-refractivity contribution in [1.29, 1.82) is 0 Å². The lowest BCUT2D eigenvalue weighted by atomic mass is 10.0. The summed E-state index contributed by atoms with van der Waals surface area (Å²) in [4.78, 5) is 0. The Morgan fingerprint density at radius 1 is 0.742 bits per heavy atom. The van der Waals surface area contributed by atoms with Crippen molar-refractivity contribution >= 4 is 40.3 Å². The molecule has 2 rings (SSSR count). The molecule has 0 bridgehead atoms. The summed E-state index contributed by atoms with van der Waals surface area (Å²) in [5, 5.41) is 0.261. The largest absolute Gasteiger partial charge is 0.460 e. The van der Waals surface area contributed by atoms with Gasteiger partial charge in [-0.1, -0.05) is 60.7 Å². The Labute approximate surface area is 184 Å². The van der Waals surface area contributed by atoms with Crippen LogP contribution in [0.4, 0.5) is 39.5 Å². The van der Waals surface area contributed by atoms with Crippen molar-refractivity contribution in [2.75, 3.05) is 0 Å². The number of halogens is 10. The highest BCUT2D eigenvalue weighted by molar-refractivity contribution is 14.1. The Kier molecular flexibility index (Phi) is 7.32. The molecule has 0 spiro atoms. The zero-order valence-corrected chi connectivity index (χ0v) is 18.2. The highest BCUT2D eigenvalue weighted by Gasteiger charge is 2.81. The van der Waals surface area contributed by atoms with Crippen molar-refractivity contribution in [3.8, 4) is 0 Å². The molecule has 0 saturated heterocycles. The van der Waals surface area contributed by atoms with Gasteiger partial charge in [-0.15, -0.1) is 0 Å². The van der Waals surface area contributed by atoms with E-state index >= 15 is 0 Å². The number of benzene rings is 2. The Morgan fingerprint density at radius 3 is 1.48 bits per heavy atom. The molecule has 170 valence electrons. The van der Waals surface area contributed by atoms with Gasteiger partial charge in [-0.3, -0.25) is 0 Å². The standard InChI is InChI=1S/C19H13F9IOP/c20-16(21,17(22,23)18(24,25)19(26,27)28)11-13(29)12-31(30,14-7-3-1-4-8-14)15-9-5-2-6-10-15/h1-10,12H,11H2/b13-12+. The fourth-order valence-electron chi connectivity index (χ4n) is 2.57. The van der Waals surface area contributed by atoms with Gasteiger partial charge in [0.1, 0.15) is 0 Å². The van der Waals surface area contributed by atoms with E-state index in [0.29, 0.717) is 5.82 Å². The number of hydrogen-bond acceptors (Lipinski definition) is 1. The van der Waals surface area contributed by atoms with Gasteiger partial charge in [-0.25, -0.2) is 0 Å². The van der Waals surface area contributed by atoms with Crippen molar-refractivity contribution in [2.45, 2.75) is 30.4 Å². The van der Waals surface area contributed by atoms with Crippen molar-refractivity contribution < 1.29 is 44.1 Å². The van der Waals surface area contributed by atoms with Gasteiger partial charge in [-0.05, 0) is 28.4 Å². The maximum Gasteiger partial charge on any atom is 0.460 e. The van der Waals surface area contributed by atoms with E-state index in [-0.39, 0.29) is 10.6 Å². The fraction of sp³-hybridized carbons (Fsp3) is 0.263. The predicted octanol–water partition coefficient (Wildman–Crippen LogP) is 7.14. The van der Waals surface area contributed by atoms with E-state index in [1.165, 1.54) is 48.5 Å². The molecule has 1 nitrogen and oxygen atoms in total. The maximum atomic E-state index is 14.0. The molecule has 0 unspecified atom stereocenters. The summed E-state index contributed by atoms with van der Waals surface area (Å²) in [6.45, 7) is 0. The summed E-state index contributed by atoms with van der Waals surface area (Å²) in [6.07, 6.45) is -9.06. The smallest absolute Gasteiger partial charge is 0.309 e. The summed E-state index contributed by atoms with van der Waals surface area (Å²) < 4.78 is 131. The van der Waals surface area contributed by atoms with Gasteiger partial charge < -0.3 is 4.57 Å². The van der Waals surface area contributed by atoms with E-state index in [1.54, 1.807) is 12.1 Å². The summed E-state index contributed by atoms with van der Waals surface area (Å²) in [5.74, 6) is -18.8. The average Bonchev–Trinajstić information content (AvgIpc) is 2.67. The Morgan fingerprint density at radius 2 is 1.13 bits per heavy atom. The molecular weight excluding hydrogens is 573 g/mol. The highest BCUT2D eigenvalue weighted by atomic mass is 127. The molecule has 0 radical (unpaired) electrons. The highest BCUT2D eigenvalue weighted by Crippen LogP contribution is 2.56. The fourth-order valence-corrected chi connectivity index (χ4v) is 6.54. The number of hydrogen-bond donors (Lipinski definition) is 0. The third-order valence-corrected chi connectivity index (χ3v) is 8.19. The van der Waals surface area contributed by atoms with E-state index in [1.807, 2.05) is 0 Å². The van der Waals surface area contributed by atoms with Gasteiger partial charge >= 0.3 is 23.9 Å². The van der Waals surface area contributed by atoms with E-state index in [0.717, 1.165) is 22.6 Å². The zero-order chi connectivity index (χ0) is 23.7. The SMILES string of the molecule is O=P(/C=C(/I)CC(F)(F)C(F)(F)C(F)(F)C(F)(F)F)(c1ccccc1)c1ccccc1. The van der Waals surface area contributed by atoms with E-state index in [4.69, 9.17) is 0 Å². The molecule has 0 saturated carbocycles. The van der Waals surface area contributed by atoms with Gasteiger partial charge in [0.2, 0.25) is 0 Å². The molecule has 0 amide bonds. The second-order valence-corrected chi connectivity index (χ2v) is 10.4. The minimum Gasteiger partial charge on any atom is -0.309 e. The molecule has 0 heterocycles. The average molecular weight is 586 g/mol. The first-order valence-corrected chi connectivity index (χ1v) is 11.2. The van der Waals surface area contributed by atoms with Crippen LogP contribution in [0.25, 0.3) is 0 Å². The second-order valence-electron chi connectivity index (χ2n) is 6.43. The van der Waals surface area contributed by atoms with Crippen molar-refractivity contribution in [3.63, 3.8) is 0 Å². The van der Waals surface area contributed by atoms with Crippen LogP contribution >= 0.6 is 29.7 Å². The Balaban J connectivity index is 2.51. The van der Waals surface area contributed by atoms with Crippen LogP contribution < -0.4 is 10.6 Å². The Bertz CT molecular complexity index is 929. The van der Waals surface area contributed by atoms with E-state index in [2.05, 4.69) is 0 Å². The van der Waals surface area contributed by atoms with Crippen LogP contribution in [0.2, 0.25) is 0 Å². The summed E-state index contributed by atoms with van der Waals surface area (Å²) in [7, 11) is -3.85. The van der Waals surface area contributed by atoms with Crippen LogP contribution in [0.1, 0.15) is 6.42 Å². The third kappa shape index (κ3) is 4.97. The van der Waals surface area contributed by atoms with Crippen LogP contribution in [0.3, 0.4) is 0 Å². The molecular formula is C19H13F9IOP. The summed E-state index contributed by atoms with van der Waals surface area (Å²) >= 11 is 1.08. The quantitative estimate of drug-likeness (QED) is 0.192. The lowest BCUT2D eigenvalue weighted by Crippen LogP contribution is -2.60. The van der Waals surface area contributed by atoms with Crippen molar-refractivity contribution in [3.05, 3.63) is 70.1 Å². The molecule has 31 heavy (non-hydrogen) atoms. The molecule has 0 aliphatic heterocycles. The van der Waals surface area contributed by atoms with Gasteiger partial charge in [0.15, 0.2) is 7.14 Å². The number of allylic oxidation sites excluding steroid dienone is 1. The minimum atomic E-state index is -6.97. The second kappa shape index (κ2) is 8.80. The van der Waals surface area contributed by atoms with Crippen LogP contribution in [-0.4, -0.2) is 23.9 Å². The van der Waals surface area contributed by atoms with Gasteiger partial charge in [0, 0.05) is 20.6 Å². The first-order chi connectivity index (χ1) is 14.1. The lowest BCUT2D eigenvalue weighted by molar-refractivity contribution is -0.395. The maximum absolute atomic E-state index is 14.0. The third-order valence-electron chi connectivity index (χ3n) is 4.20. The molecule has 0 atom stereocenters. The number of rotatable bonds is 7. The van der Waals surface area contributed by atoms with Crippen LogP contribution in [0.5, 0.6) is 0 Å². The topological polar surface area (TPSA) is 17.1 Å². The van der Waals surface area contributed by atoms with Crippen LogP contribution in [0, 0.1) is 0 Å². The molecule has 12 heteroatoms. The first-order valence-electron chi connectivity index (χ1n) is 8.34. The van der Waals surface area contributed by atoms with E-state index < -0.39 is 41.1 Å². The number of alkyl halides is 9. The molecule has 0 fully saturated rings.